The second kappa shape index (κ2) is 6.28. The van der Waals surface area contributed by atoms with Gasteiger partial charge in [0, 0.05) is 12.1 Å². The molecule has 2 aromatic rings. The third kappa shape index (κ3) is 2.74. The number of anilines is 1. The van der Waals surface area contributed by atoms with Gasteiger partial charge in [0.2, 0.25) is 0 Å². The summed E-state index contributed by atoms with van der Waals surface area (Å²) in [4.78, 5) is 14.6. The summed E-state index contributed by atoms with van der Waals surface area (Å²) in [6.45, 7) is 1.42. The number of rotatable bonds is 4. The van der Waals surface area contributed by atoms with E-state index in [-0.39, 0.29) is 11.7 Å². The molecule has 3 rings (SSSR count). The Morgan fingerprint density at radius 1 is 1.27 bits per heavy atom. The van der Waals surface area contributed by atoms with Crippen molar-refractivity contribution in [1.82, 2.24) is 5.32 Å². The number of hydrogen-bond donors (Lipinski definition) is 1. The van der Waals surface area contributed by atoms with Crippen LogP contribution in [-0.4, -0.2) is 26.0 Å². The average Bonchev–Trinajstić information content (AvgIpc) is 2.95. The van der Waals surface area contributed by atoms with Crippen LogP contribution in [0.5, 0.6) is 0 Å². The topological polar surface area (TPSA) is 32.3 Å². The Morgan fingerprint density at radius 2 is 2.09 bits per heavy atom. The van der Waals surface area contributed by atoms with Gasteiger partial charge in [-0.15, -0.1) is 0 Å². The highest BCUT2D eigenvalue weighted by molar-refractivity contribution is 6.08. The molecule has 0 saturated heterocycles. The molecule has 2 aromatic carbocycles. The Kier molecular flexibility index (Phi) is 4.20. The van der Waals surface area contributed by atoms with Crippen molar-refractivity contribution in [1.29, 1.82) is 0 Å². The number of benzene rings is 2. The van der Waals surface area contributed by atoms with E-state index in [0.717, 1.165) is 30.5 Å². The molecule has 1 N–H and O–H groups in total. The molecule has 4 heteroatoms. The summed E-state index contributed by atoms with van der Waals surface area (Å²) in [6, 6.07) is 12.3. The smallest absolute Gasteiger partial charge is 0.258 e. The second-order valence-electron chi connectivity index (χ2n) is 5.49. The van der Waals surface area contributed by atoms with Crippen LogP contribution in [0.2, 0.25) is 0 Å². The number of hydrogen-bond acceptors (Lipinski definition) is 2. The fraction of sp³-hybridized carbons (Fsp3) is 0.278. The van der Waals surface area contributed by atoms with E-state index in [4.69, 9.17) is 0 Å². The van der Waals surface area contributed by atoms with Gasteiger partial charge >= 0.3 is 0 Å². The number of nitrogens with one attached hydrogen (secondary N) is 1. The van der Waals surface area contributed by atoms with E-state index < -0.39 is 0 Å². The van der Waals surface area contributed by atoms with Gasteiger partial charge in [-0.3, -0.25) is 4.79 Å². The van der Waals surface area contributed by atoms with Crippen LogP contribution in [0.4, 0.5) is 10.1 Å². The van der Waals surface area contributed by atoms with E-state index >= 15 is 0 Å². The lowest BCUT2D eigenvalue weighted by molar-refractivity contribution is 0.0988. The van der Waals surface area contributed by atoms with Crippen LogP contribution in [0.3, 0.4) is 0 Å². The minimum absolute atomic E-state index is 0.0453. The summed E-state index contributed by atoms with van der Waals surface area (Å²) < 4.78 is 13.5. The van der Waals surface area contributed by atoms with Crippen LogP contribution in [0.25, 0.3) is 0 Å². The van der Waals surface area contributed by atoms with Crippen molar-refractivity contribution in [2.45, 2.75) is 12.8 Å². The molecule has 0 atom stereocenters. The number of likely N-dealkylation sites (N-methyl/N-ethyl adjacent to an activating group) is 1. The fourth-order valence-electron chi connectivity index (χ4n) is 2.92. The van der Waals surface area contributed by atoms with Crippen LogP contribution >= 0.6 is 0 Å². The molecule has 0 saturated carbocycles. The molecule has 0 aromatic heterocycles. The first-order chi connectivity index (χ1) is 10.7. The SMILES string of the molecule is CNCCc1ccccc1C(=O)N1CCc2ccc(F)cc21. The number of amides is 1. The molecule has 0 spiro atoms. The minimum Gasteiger partial charge on any atom is -0.319 e. The largest absolute Gasteiger partial charge is 0.319 e. The summed E-state index contributed by atoms with van der Waals surface area (Å²) in [5.74, 6) is -0.349. The zero-order valence-electron chi connectivity index (χ0n) is 12.6. The minimum atomic E-state index is -0.304. The molecular formula is C18H19FN2O. The summed E-state index contributed by atoms with van der Waals surface area (Å²) in [5.41, 5.74) is 3.46. The first-order valence-corrected chi connectivity index (χ1v) is 7.53. The maximum absolute atomic E-state index is 13.5. The summed E-state index contributed by atoms with van der Waals surface area (Å²) >= 11 is 0. The lowest BCUT2D eigenvalue weighted by Crippen LogP contribution is -2.30. The van der Waals surface area contributed by atoms with Gasteiger partial charge in [-0.1, -0.05) is 24.3 Å². The number of halogens is 1. The average molecular weight is 298 g/mol. The zero-order valence-corrected chi connectivity index (χ0v) is 12.6. The normalized spacial score (nSPS) is 13.3. The predicted octanol–water partition coefficient (Wildman–Crippen LogP) is 2.79. The number of fused-ring (bicyclic) bond motifs is 1. The fourth-order valence-corrected chi connectivity index (χ4v) is 2.92. The molecule has 1 aliphatic rings. The van der Waals surface area contributed by atoms with Crippen molar-refractivity contribution in [2.24, 2.45) is 0 Å². The number of nitrogens with zero attached hydrogens (tertiary/aromatic N) is 1. The van der Waals surface area contributed by atoms with E-state index in [1.807, 2.05) is 31.3 Å². The monoisotopic (exact) mass is 298 g/mol. The van der Waals surface area contributed by atoms with Crippen molar-refractivity contribution in [3.05, 3.63) is 65.0 Å². The molecule has 0 aliphatic carbocycles. The molecular weight excluding hydrogens is 279 g/mol. The molecule has 1 heterocycles. The van der Waals surface area contributed by atoms with Gasteiger partial charge in [0.25, 0.3) is 5.91 Å². The highest BCUT2D eigenvalue weighted by atomic mass is 19.1. The Hall–Kier alpha value is -2.20. The highest BCUT2D eigenvalue weighted by Gasteiger charge is 2.27. The van der Waals surface area contributed by atoms with Gasteiger partial charge in [0.05, 0.1) is 5.69 Å². The van der Waals surface area contributed by atoms with Gasteiger partial charge in [-0.25, -0.2) is 4.39 Å². The Balaban J connectivity index is 1.92. The highest BCUT2D eigenvalue weighted by Crippen LogP contribution is 2.30. The lowest BCUT2D eigenvalue weighted by Gasteiger charge is -2.19. The van der Waals surface area contributed by atoms with Crippen molar-refractivity contribution in [2.75, 3.05) is 25.0 Å². The summed E-state index contributed by atoms with van der Waals surface area (Å²) in [5, 5.41) is 3.10. The van der Waals surface area contributed by atoms with Crippen molar-refractivity contribution < 1.29 is 9.18 Å². The maximum Gasteiger partial charge on any atom is 0.258 e. The summed E-state index contributed by atoms with van der Waals surface area (Å²) in [7, 11) is 1.89. The van der Waals surface area contributed by atoms with E-state index in [1.165, 1.54) is 12.1 Å². The first-order valence-electron chi connectivity index (χ1n) is 7.53. The first kappa shape index (κ1) is 14.7. The predicted molar refractivity (Wildman–Crippen MR) is 85.9 cm³/mol. The van der Waals surface area contributed by atoms with Gasteiger partial charge in [0.15, 0.2) is 0 Å². The zero-order chi connectivity index (χ0) is 15.5. The van der Waals surface area contributed by atoms with E-state index in [1.54, 1.807) is 11.0 Å². The lowest BCUT2D eigenvalue weighted by atomic mass is 10.0. The van der Waals surface area contributed by atoms with E-state index in [2.05, 4.69) is 5.32 Å². The third-order valence-corrected chi connectivity index (χ3v) is 4.08. The van der Waals surface area contributed by atoms with Gasteiger partial charge < -0.3 is 10.2 Å². The number of carbonyl (C=O) groups excluding carboxylic acids is 1. The quantitative estimate of drug-likeness (QED) is 0.941. The van der Waals surface area contributed by atoms with Gasteiger partial charge in [-0.05, 0) is 55.8 Å². The Bertz CT molecular complexity index is 699. The molecule has 1 aliphatic heterocycles. The number of carbonyl (C=O) groups is 1. The maximum atomic E-state index is 13.5. The molecule has 22 heavy (non-hydrogen) atoms. The second-order valence-corrected chi connectivity index (χ2v) is 5.49. The van der Waals surface area contributed by atoms with Crippen molar-refractivity contribution in [3.8, 4) is 0 Å². The van der Waals surface area contributed by atoms with Crippen LogP contribution in [0.1, 0.15) is 21.5 Å². The molecule has 0 radical (unpaired) electrons. The Labute approximate surface area is 129 Å². The third-order valence-electron chi connectivity index (χ3n) is 4.08. The Morgan fingerprint density at radius 3 is 2.91 bits per heavy atom. The van der Waals surface area contributed by atoms with Crippen LogP contribution in [0, 0.1) is 5.82 Å². The summed E-state index contributed by atoms with van der Waals surface area (Å²) in [6.07, 6.45) is 1.57. The molecule has 0 fully saturated rings. The molecule has 0 unspecified atom stereocenters. The van der Waals surface area contributed by atoms with Crippen LogP contribution < -0.4 is 10.2 Å². The van der Waals surface area contributed by atoms with E-state index in [9.17, 15) is 9.18 Å². The van der Waals surface area contributed by atoms with Gasteiger partial charge in [-0.2, -0.15) is 0 Å². The molecule has 3 nitrogen and oxygen atoms in total. The van der Waals surface area contributed by atoms with Crippen LogP contribution in [0.15, 0.2) is 42.5 Å². The standard InChI is InChI=1S/C18H19FN2O/c1-20-10-8-13-4-2-3-5-16(13)18(22)21-11-9-14-6-7-15(19)12-17(14)21/h2-7,12,20H,8-11H2,1H3. The molecule has 1 amide bonds. The molecule has 114 valence electrons. The van der Waals surface area contributed by atoms with Crippen molar-refractivity contribution in [3.63, 3.8) is 0 Å². The van der Waals surface area contributed by atoms with Gasteiger partial charge in [0.1, 0.15) is 5.82 Å². The van der Waals surface area contributed by atoms with Crippen molar-refractivity contribution >= 4 is 11.6 Å². The van der Waals surface area contributed by atoms with Crippen LogP contribution in [-0.2, 0) is 12.8 Å². The van der Waals surface area contributed by atoms with E-state index in [0.29, 0.717) is 17.8 Å². The molecule has 0 bridgehead atoms.